The van der Waals surface area contributed by atoms with Crippen molar-refractivity contribution in [3.8, 4) is 17.0 Å². The maximum absolute atomic E-state index is 12.9. The first-order valence-corrected chi connectivity index (χ1v) is 8.07. The normalized spacial score (nSPS) is 10.5. The summed E-state index contributed by atoms with van der Waals surface area (Å²) in [6.45, 7) is 0. The highest BCUT2D eigenvalue weighted by Crippen LogP contribution is 2.32. The van der Waals surface area contributed by atoms with Crippen LogP contribution in [-0.2, 0) is 7.05 Å². The first-order valence-electron chi connectivity index (χ1n) is 7.28. The molecule has 2 aromatic carbocycles. The van der Waals surface area contributed by atoms with Crippen LogP contribution in [0.3, 0.4) is 0 Å². The smallest absolute Gasteiger partial charge is 0.323 e. The third-order valence-corrected chi connectivity index (χ3v) is 4.03. The van der Waals surface area contributed by atoms with Crippen LogP contribution in [0.1, 0.15) is 0 Å². The zero-order valence-electron chi connectivity index (χ0n) is 13.1. The van der Waals surface area contributed by atoms with Gasteiger partial charge < -0.3 is 15.7 Å². The van der Waals surface area contributed by atoms with E-state index >= 15 is 0 Å². The van der Waals surface area contributed by atoms with Crippen molar-refractivity contribution in [2.24, 2.45) is 7.05 Å². The van der Waals surface area contributed by atoms with Crippen LogP contribution in [0, 0.1) is 5.82 Å². The van der Waals surface area contributed by atoms with Crippen LogP contribution in [0.25, 0.3) is 11.3 Å². The highest BCUT2D eigenvalue weighted by Gasteiger charge is 2.12. The molecule has 1 aromatic heterocycles. The van der Waals surface area contributed by atoms with Crippen LogP contribution in [0.15, 0.2) is 53.1 Å². The van der Waals surface area contributed by atoms with E-state index in [1.165, 1.54) is 30.3 Å². The van der Waals surface area contributed by atoms with Crippen LogP contribution in [-0.4, -0.2) is 20.9 Å². The Morgan fingerprint density at radius 1 is 1.16 bits per heavy atom. The molecule has 2 amide bonds. The number of anilines is 2. The van der Waals surface area contributed by atoms with Gasteiger partial charge in [0, 0.05) is 30.1 Å². The molecule has 3 aromatic rings. The number of aryl methyl sites for hydroxylation is 1. The summed E-state index contributed by atoms with van der Waals surface area (Å²) in [5.74, 6) is -0.381. The van der Waals surface area contributed by atoms with Crippen LogP contribution in [0.4, 0.5) is 20.6 Å². The number of rotatable bonds is 3. The van der Waals surface area contributed by atoms with Gasteiger partial charge in [-0.25, -0.2) is 9.18 Å². The fourth-order valence-electron chi connectivity index (χ4n) is 2.38. The number of halogens is 2. The molecule has 0 aliphatic heterocycles. The molecule has 0 spiro atoms. The lowest BCUT2D eigenvalue weighted by molar-refractivity contribution is 0.262. The molecule has 25 heavy (non-hydrogen) atoms. The van der Waals surface area contributed by atoms with E-state index in [2.05, 4.69) is 31.7 Å². The van der Waals surface area contributed by atoms with Crippen molar-refractivity contribution >= 4 is 33.3 Å². The highest BCUT2D eigenvalue weighted by molar-refractivity contribution is 9.10. The molecule has 3 N–H and O–H groups in total. The molecule has 0 saturated carbocycles. The number of nitrogens with one attached hydrogen (secondary N) is 2. The summed E-state index contributed by atoms with van der Waals surface area (Å²) in [4.78, 5) is 12.1. The second-order valence-corrected chi connectivity index (χ2v) is 6.17. The van der Waals surface area contributed by atoms with Gasteiger partial charge in [-0.3, -0.25) is 4.68 Å². The minimum absolute atomic E-state index is 0.00248. The predicted octanol–water partition coefficient (Wildman–Crippen LogP) is 4.34. The number of urea groups is 1. The summed E-state index contributed by atoms with van der Waals surface area (Å²) >= 11 is 3.41. The van der Waals surface area contributed by atoms with Gasteiger partial charge in [-0.15, -0.1) is 0 Å². The molecule has 0 fully saturated rings. The van der Waals surface area contributed by atoms with Gasteiger partial charge in [0.2, 0.25) is 0 Å². The number of phenols is 1. The number of carbonyl (C=O) groups excluding carboxylic acids is 1. The SMILES string of the molecule is Cn1ncc(Br)c1-c1cc(O)cc(NC(=O)Nc2ccc(F)cc2)c1. The fourth-order valence-corrected chi connectivity index (χ4v) is 2.96. The lowest BCUT2D eigenvalue weighted by Gasteiger charge is -2.11. The molecule has 8 heteroatoms. The minimum Gasteiger partial charge on any atom is -0.508 e. The molecular formula is C17H14BrFN4O2. The van der Waals surface area contributed by atoms with Crippen LogP contribution >= 0.6 is 15.9 Å². The number of aromatic hydroxyl groups is 1. The van der Waals surface area contributed by atoms with Crippen LogP contribution in [0.2, 0.25) is 0 Å². The van der Waals surface area contributed by atoms with Crippen molar-refractivity contribution in [1.82, 2.24) is 9.78 Å². The Bertz CT molecular complexity index is 905. The molecule has 128 valence electrons. The first kappa shape index (κ1) is 17.0. The summed E-state index contributed by atoms with van der Waals surface area (Å²) in [5.41, 5.74) is 2.30. The number of hydrogen-bond acceptors (Lipinski definition) is 3. The molecule has 0 bridgehead atoms. The third-order valence-electron chi connectivity index (χ3n) is 3.45. The quantitative estimate of drug-likeness (QED) is 0.607. The monoisotopic (exact) mass is 404 g/mol. The molecule has 6 nitrogen and oxygen atoms in total. The molecule has 0 aliphatic carbocycles. The van der Waals surface area contributed by atoms with Gasteiger partial charge in [0.05, 0.1) is 16.4 Å². The van der Waals surface area contributed by atoms with Crippen molar-refractivity contribution in [2.45, 2.75) is 0 Å². The summed E-state index contributed by atoms with van der Waals surface area (Å²) in [7, 11) is 1.78. The Kier molecular flexibility index (Phi) is 4.71. The number of benzene rings is 2. The van der Waals surface area contributed by atoms with Gasteiger partial charge in [0.1, 0.15) is 11.6 Å². The van der Waals surface area contributed by atoms with Crippen LogP contribution < -0.4 is 10.6 Å². The molecule has 0 atom stereocenters. The van der Waals surface area contributed by atoms with Gasteiger partial charge in [-0.2, -0.15) is 5.10 Å². The first-order chi connectivity index (χ1) is 11.9. The predicted molar refractivity (Wildman–Crippen MR) is 97.1 cm³/mol. The van der Waals surface area contributed by atoms with E-state index < -0.39 is 6.03 Å². The molecule has 0 radical (unpaired) electrons. The lowest BCUT2D eigenvalue weighted by Crippen LogP contribution is -2.19. The number of hydrogen-bond donors (Lipinski definition) is 3. The summed E-state index contributed by atoms with van der Waals surface area (Å²) < 4.78 is 15.3. The molecule has 0 aliphatic rings. The van der Waals surface area contributed by atoms with Crippen molar-refractivity contribution in [3.63, 3.8) is 0 Å². The Morgan fingerprint density at radius 2 is 1.84 bits per heavy atom. The number of amides is 2. The Hall–Kier alpha value is -2.87. The average molecular weight is 405 g/mol. The Balaban J connectivity index is 1.81. The second-order valence-electron chi connectivity index (χ2n) is 5.32. The van der Waals surface area contributed by atoms with Gasteiger partial charge in [-0.05, 0) is 52.3 Å². The lowest BCUT2D eigenvalue weighted by atomic mass is 10.1. The maximum atomic E-state index is 12.9. The van der Waals surface area contributed by atoms with Gasteiger partial charge in [0.15, 0.2) is 0 Å². The van der Waals surface area contributed by atoms with Gasteiger partial charge in [0.25, 0.3) is 0 Å². The molecule has 0 unspecified atom stereocenters. The highest BCUT2D eigenvalue weighted by atomic mass is 79.9. The maximum Gasteiger partial charge on any atom is 0.323 e. The van der Waals surface area contributed by atoms with Crippen molar-refractivity contribution in [2.75, 3.05) is 10.6 Å². The summed E-state index contributed by atoms with van der Waals surface area (Å²) in [5, 5.41) is 19.3. The standard InChI is InChI=1S/C17H14BrFN4O2/c1-23-16(15(18)9-20-23)10-6-13(8-14(24)7-10)22-17(25)21-12-4-2-11(19)3-5-12/h2-9,24H,1H3,(H2,21,22,25). The van der Waals surface area contributed by atoms with E-state index in [9.17, 15) is 14.3 Å². The van der Waals surface area contributed by atoms with Gasteiger partial charge >= 0.3 is 6.03 Å². The van der Waals surface area contributed by atoms with E-state index in [1.54, 1.807) is 30.1 Å². The molecule has 3 rings (SSSR count). The van der Waals surface area contributed by atoms with E-state index in [-0.39, 0.29) is 11.6 Å². The van der Waals surface area contributed by atoms with Crippen molar-refractivity contribution < 1.29 is 14.3 Å². The van der Waals surface area contributed by atoms with Crippen molar-refractivity contribution in [3.05, 3.63) is 59.0 Å². The zero-order valence-corrected chi connectivity index (χ0v) is 14.7. The molecule has 0 saturated heterocycles. The fraction of sp³-hybridized carbons (Fsp3) is 0.0588. The number of phenolic OH excluding ortho intramolecular Hbond substituents is 1. The van der Waals surface area contributed by atoms with Gasteiger partial charge in [-0.1, -0.05) is 0 Å². The largest absolute Gasteiger partial charge is 0.508 e. The van der Waals surface area contributed by atoms with Crippen LogP contribution in [0.5, 0.6) is 5.75 Å². The third kappa shape index (κ3) is 3.97. The average Bonchev–Trinajstić information content (AvgIpc) is 2.88. The summed E-state index contributed by atoms with van der Waals surface area (Å²) in [6.07, 6.45) is 1.65. The number of aromatic nitrogens is 2. The topological polar surface area (TPSA) is 79.2 Å². The van der Waals surface area contributed by atoms with E-state index in [4.69, 9.17) is 0 Å². The second kappa shape index (κ2) is 6.94. The summed E-state index contributed by atoms with van der Waals surface area (Å²) in [6, 6.07) is 9.62. The van der Waals surface area contributed by atoms with E-state index in [1.807, 2.05) is 0 Å². The molecular weight excluding hydrogens is 391 g/mol. The van der Waals surface area contributed by atoms with E-state index in [0.717, 1.165) is 10.2 Å². The zero-order chi connectivity index (χ0) is 18.0. The molecule has 1 heterocycles. The number of carbonyl (C=O) groups is 1. The number of nitrogens with zero attached hydrogens (tertiary/aromatic N) is 2. The Labute approximate surface area is 151 Å². The van der Waals surface area contributed by atoms with Crippen molar-refractivity contribution in [1.29, 1.82) is 0 Å². The minimum atomic E-state index is -0.507. The van der Waals surface area contributed by atoms with E-state index in [0.29, 0.717) is 16.9 Å². The Morgan fingerprint density at radius 3 is 2.48 bits per heavy atom.